The molecular weight excluding hydrogens is 514 g/mol. The lowest BCUT2D eigenvalue weighted by Gasteiger charge is -2.25. The van der Waals surface area contributed by atoms with Crippen LogP contribution in [0.4, 0.5) is 5.69 Å². The second-order valence-electron chi connectivity index (χ2n) is 7.11. The molecule has 35 heavy (non-hydrogen) atoms. The van der Waals surface area contributed by atoms with Gasteiger partial charge in [-0.25, -0.2) is 13.8 Å². The molecule has 0 aliphatic carbocycles. The summed E-state index contributed by atoms with van der Waals surface area (Å²) in [6, 6.07) is 10.5. The van der Waals surface area contributed by atoms with E-state index in [1.165, 1.54) is 69.2 Å². The van der Waals surface area contributed by atoms with Crippen molar-refractivity contribution in [2.75, 3.05) is 32.2 Å². The standard InChI is InChI=1S/C23H24ClN3O6S2/c1-15-9-10-34-22(15)13-25-26-23(28)14-27(18-11-16(24)5-7-19(18)31-2)35(29,30)17-6-8-20(32-3)21(12-17)33-4/h5-13H,14H2,1-4H3,(H,26,28)/b25-13+. The average molecular weight is 538 g/mol. The summed E-state index contributed by atoms with van der Waals surface area (Å²) in [6.45, 7) is 1.33. The van der Waals surface area contributed by atoms with Crippen LogP contribution in [0.2, 0.25) is 5.02 Å². The molecule has 1 aromatic heterocycles. The molecule has 3 aromatic rings. The smallest absolute Gasteiger partial charge is 0.265 e. The number of benzene rings is 2. The van der Waals surface area contributed by atoms with Gasteiger partial charge in [-0.2, -0.15) is 5.10 Å². The molecule has 0 atom stereocenters. The van der Waals surface area contributed by atoms with Crippen LogP contribution in [0.3, 0.4) is 0 Å². The first kappa shape index (κ1) is 26.3. The van der Waals surface area contributed by atoms with Crippen LogP contribution in [0.15, 0.2) is 57.8 Å². The van der Waals surface area contributed by atoms with Crippen LogP contribution in [0, 0.1) is 6.92 Å². The van der Waals surface area contributed by atoms with Crippen molar-refractivity contribution in [3.63, 3.8) is 0 Å². The van der Waals surface area contributed by atoms with Crippen LogP contribution in [0.25, 0.3) is 0 Å². The summed E-state index contributed by atoms with van der Waals surface area (Å²) in [5, 5.41) is 6.12. The van der Waals surface area contributed by atoms with Crippen LogP contribution in [0.5, 0.6) is 17.2 Å². The maximum Gasteiger partial charge on any atom is 0.265 e. The van der Waals surface area contributed by atoms with Gasteiger partial charge in [0.15, 0.2) is 11.5 Å². The van der Waals surface area contributed by atoms with Crippen molar-refractivity contribution in [2.24, 2.45) is 5.10 Å². The zero-order valence-electron chi connectivity index (χ0n) is 19.4. The molecule has 186 valence electrons. The number of ether oxygens (including phenoxy) is 3. The van der Waals surface area contributed by atoms with E-state index in [4.69, 9.17) is 25.8 Å². The highest BCUT2D eigenvalue weighted by Gasteiger charge is 2.30. The van der Waals surface area contributed by atoms with Gasteiger partial charge in [0, 0.05) is 16.0 Å². The van der Waals surface area contributed by atoms with Crippen molar-refractivity contribution in [3.05, 3.63) is 63.3 Å². The van der Waals surface area contributed by atoms with Gasteiger partial charge in [0.25, 0.3) is 15.9 Å². The Kier molecular flexibility index (Phi) is 8.60. The molecule has 2 aromatic carbocycles. The fraction of sp³-hybridized carbons (Fsp3) is 0.217. The van der Waals surface area contributed by atoms with E-state index in [1.807, 2.05) is 18.4 Å². The van der Waals surface area contributed by atoms with Gasteiger partial charge in [0.1, 0.15) is 12.3 Å². The summed E-state index contributed by atoms with van der Waals surface area (Å²) in [6.07, 6.45) is 1.51. The number of thiophene rings is 1. The van der Waals surface area contributed by atoms with Crippen LogP contribution in [0.1, 0.15) is 10.4 Å². The molecule has 0 radical (unpaired) electrons. The van der Waals surface area contributed by atoms with Crippen LogP contribution < -0.4 is 23.9 Å². The van der Waals surface area contributed by atoms with E-state index < -0.39 is 22.5 Å². The molecule has 0 spiro atoms. The Bertz CT molecular complexity index is 1340. The Hall–Kier alpha value is -3.28. The average Bonchev–Trinajstić information content (AvgIpc) is 3.26. The third kappa shape index (κ3) is 6.05. The number of amides is 1. The molecule has 0 fully saturated rings. The van der Waals surface area contributed by atoms with E-state index in [2.05, 4.69) is 10.5 Å². The summed E-state index contributed by atoms with van der Waals surface area (Å²) < 4.78 is 44.2. The zero-order chi connectivity index (χ0) is 25.6. The molecule has 1 amide bonds. The van der Waals surface area contributed by atoms with Crippen molar-refractivity contribution in [1.82, 2.24) is 5.43 Å². The number of nitrogens with zero attached hydrogens (tertiary/aromatic N) is 2. The predicted molar refractivity (Wildman–Crippen MR) is 137 cm³/mol. The highest BCUT2D eigenvalue weighted by Crippen LogP contribution is 2.36. The maximum absolute atomic E-state index is 13.7. The first-order valence-electron chi connectivity index (χ1n) is 10.2. The Morgan fingerprint density at radius 2 is 1.74 bits per heavy atom. The number of halogens is 1. The van der Waals surface area contributed by atoms with Gasteiger partial charge in [0.2, 0.25) is 0 Å². The molecule has 9 nitrogen and oxygen atoms in total. The van der Waals surface area contributed by atoms with Crippen molar-refractivity contribution in [2.45, 2.75) is 11.8 Å². The van der Waals surface area contributed by atoms with Gasteiger partial charge in [-0.1, -0.05) is 11.6 Å². The van der Waals surface area contributed by atoms with Crippen molar-refractivity contribution in [1.29, 1.82) is 0 Å². The largest absolute Gasteiger partial charge is 0.495 e. The van der Waals surface area contributed by atoms with Crippen LogP contribution in [-0.4, -0.2) is 48.4 Å². The van der Waals surface area contributed by atoms with Crippen molar-refractivity contribution >= 4 is 50.8 Å². The van der Waals surface area contributed by atoms with Crippen LogP contribution >= 0.6 is 22.9 Å². The Morgan fingerprint density at radius 1 is 1.06 bits per heavy atom. The lowest BCUT2D eigenvalue weighted by molar-refractivity contribution is -0.119. The quantitative estimate of drug-likeness (QED) is 0.308. The fourth-order valence-electron chi connectivity index (χ4n) is 3.11. The summed E-state index contributed by atoms with van der Waals surface area (Å²) in [7, 11) is -0.0543. The van der Waals surface area contributed by atoms with Gasteiger partial charge in [-0.05, 0) is 54.3 Å². The molecular formula is C23H24ClN3O6S2. The van der Waals surface area contributed by atoms with Crippen molar-refractivity contribution in [3.8, 4) is 17.2 Å². The predicted octanol–water partition coefficient (Wildman–Crippen LogP) is 4.08. The van der Waals surface area contributed by atoms with E-state index in [-0.39, 0.29) is 27.1 Å². The van der Waals surface area contributed by atoms with Gasteiger partial charge in [0.05, 0.1) is 38.1 Å². The van der Waals surface area contributed by atoms with Gasteiger partial charge in [-0.15, -0.1) is 11.3 Å². The summed E-state index contributed by atoms with van der Waals surface area (Å²) in [5.41, 5.74) is 3.47. The number of hydrogen-bond acceptors (Lipinski definition) is 8. The number of sulfonamides is 1. The number of anilines is 1. The number of carbonyl (C=O) groups is 1. The van der Waals surface area contributed by atoms with Crippen molar-refractivity contribution < 1.29 is 27.4 Å². The first-order valence-corrected chi connectivity index (χ1v) is 12.8. The summed E-state index contributed by atoms with van der Waals surface area (Å²) >= 11 is 7.62. The van der Waals surface area contributed by atoms with E-state index in [9.17, 15) is 13.2 Å². The molecule has 0 bridgehead atoms. The SMILES string of the molecule is COc1ccc(S(=O)(=O)N(CC(=O)N/N=C/c2sccc2C)c2cc(Cl)ccc2OC)cc1OC. The number of carbonyl (C=O) groups excluding carboxylic acids is 1. The van der Waals surface area contributed by atoms with Gasteiger partial charge in [-0.3, -0.25) is 9.10 Å². The minimum absolute atomic E-state index is 0.0861. The zero-order valence-corrected chi connectivity index (χ0v) is 21.8. The highest BCUT2D eigenvalue weighted by atomic mass is 35.5. The second kappa shape index (κ2) is 11.4. The summed E-state index contributed by atoms with van der Waals surface area (Å²) in [4.78, 5) is 13.5. The molecule has 0 unspecified atom stereocenters. The lowest BCUT2D eigenvalue weighted by atomic mass is 10.3. The minimum atomic E-state index is -4.28. The normalized spacial score (nSPS) is 11.3. The molecule has 3 rings (SSSR count). The maximum atomic E-state index is 13.7. The number of nitrogens with one attached hydrogen (secondary N) is 1. The van der Waals surface area contributed by atoms with E-state index in [0.717, 1.165) is 14.7 Å². The number of hydrazone groups is 1. The summed E-state index contributed by atoms with van der Waals surface area (Å²) in [5.74, 6) is 0.117. The number of aryl methyl sites for hydroxylation is 1. The van der Waals surface area contributed by atoms with Crippen LogP contribution in [-0.2, 0) is 14.8 Å². The second-order valence-corrected chi connectivity index (χ2v) is 10.4. The Labute approximate surface area is 212 Å². The minimum Gasteiger partial charge on any atom is -0.495 e. The molecule has 0 aliphatic heterocycles. The topological polar surface area (TPSA) is 107 Å². The monoisotopic (exact) mass is 537 g/mol. The highest BCUT2D eigenvalue weighted by molar-refractivity contribution is 7.92. The first-order chi connectivity index (χ1) is 16.7. The molecule has 1 heterocycles. The van der Waals surface area contributed by atoms with E-state index in [1.54, 1.807) is 6.07 Å². The molecule has 1 N–H and O–H groups in total. The third-order valence-corrected chi connectivity index (χ3v) is 7.86. The molecule has 12 heteroatoms. The third-order valence-electron chi connectivity index (χ3n) is 4.91. The molecule has 0 aliphatic rings. The molecule has 0 saturated carbocycles. The van der Waals surface area contributed by atoms with E-state index in [0.29, 0.717) is 5.75 Å². The number of hydrogen-bond donors (Lipinski definition) is 1. The molecule has 0 saturated heterocycles. The number of rotatable bonds is 10. The van der Waals surface area contributed by atoms with Gasteiger partial charge < -0.3 is 14.2 Å². The lowest BCUT2D eigenvalue weighted by Crippen LogP contribution is -2.39. The Morgan fingerprint density at radius 3 is 2.37 bits per heavy atom. The Balaban J connectivity index is 2.00. The fourth-order valence-corrected chi connectivity index (χ4v) is 5.50. The van der Waals surface area contributed by atoms with Gasteiger partial charge >= 0.3 is 0 Å². The number of methoxy groups -OCH3 is 3. The van der Waals surface area contributed by atoms with E-state index >= 15 is 0 Å².